The van der Waals surface area contributed by atoms with E-state index in [0.29, 0.717) is 0 Å². The number of nitrogens with two attached hydrogens (primary N) is 2. The van der Waals surface area contributed by atoms with Gasteiger partial charge in [0.1, 0.15) is 0 Å². The van der Waals surface area contributed by atoms with Crippen LogP contribution >= 0.6 is 0 Å². The molecule has 0 fully saturated rings. The molecule has 0 saturated carbocycles. The molecule has 46 valence electrons. The predicted octanol–water partition coefficient (Wildman–Crippen LogP) is -0.573. The summed E-state index contributed by atoms with van der Waals surface area (Å²) in [6, 6.07) is -0.581. The van der Waals surface area contributed by atoms with Crippen LogP contribution in [-0.2, 0) is 0 Å². The second-order valence-electron chi connectivity index (χ2n) is 1.17. The molecule has 0 aliphatic heterocycles. The summed E-state index contributed by atoms with van der Waals surface area (Å²) in [6.07, 6.45) is 1.28. The molecule has 0 aromatic rings. The topological polar surface area (TPSA) is 72.3 Å². The largest absolute Gasteiger partial charge is 0.351 e. The molecular weight excluding hydrogens is 106 g/mol. The molecular formula is C4H9N3O. The first-order valence-corrected chi connectivity index (χ1v) is 2.11. The molecule has 0 aromatic heterocycles. The van der Waals surface area contributed by atoms with Gasteiger partial charge in [0.2, 0.25) is 0 Å². The van der Waals surface area contributed by atoms with Crippen LogP contribution in [0.25, 0.3) is 0 Å². The van der Waals surface area contributed by atoms with Crippen molar-refractivity contribution in [3.05, 3.63) is 12.8 Å². The van der Waals surface area contributed by atoms with Gasteiger partial charge >= 0.3 is 6.03 Å². The van der Waals surface area contributed by atoms with Crippen molar-refractivity contribution in [3.63, 3.8) is 0 Å². The maximum atomic E-state index is 10.2. The zero-order valence-electron chi connectivity index (χ0n) is 4.50. The van der Waals surface area contributed by atoms with Crippen molar-refractivity contribution < 1.29 is 4.79 Å². The second-order valence-corrected chi connectivity index (χ2v) is 1.17. The van der Waals surface area contributed by atoms with Crippen LogP contribution in [0, 0.1) is 0 Å². The van der Waals surface area contributed by atoms with Gasteiger partial charge in [-0.25, -0.2) is 4.79 Å². The van der Waals surface area contributed by atoms with Gasteiger partial charge in [0.05, 0.1) is 6.67 Å². The van der Waals surface area contributed by atoms with Crippen LogP contribution in [0.4, 0.5) is 4.79 Å². The predicted molar refractivity (Wildman–Crippen MR) is 30.7 cm³/mol. The normalized spacial score (nSPS) is 8.12. The van der Waals surface area contributed by atoms with E-state index in [4.69, 9.17) is 11.5 Å². The number of carbonyl (C=O) groups excluding carboxylic acids is 1. The zero-order chi connectivity index (χ0) is 6.57. The van der Waals surface area contributed by atoms with Crippen molar-refractivity contribution in [2.24, 2.45) is 11.5 Å². The number of rotatable bonds is 2. The fourth-order valence-corrected chi connectivity index (χ4v) is 0.254. The van der Waals surface area contributed by atoms with Gasteiger partial charge in [-0.3, -0.25) is 4.90 Å². The zero-order valence-corrected chi connectivity index (χ0v) is 4.50. The van der Waals surface area contributed by atoms with Crippen LogP contribution in [0.5, 0.6) is 0 Å². The highest BCUT2D eigenvalue weighted by Crippen LogP contribution is 1.80. The summed E-state index contributed by atoms with van der Waals surface area (Å²) in [7, 11) is 0. The van der Waals surface area contributed by atoms with Crippen molar-refractivity contribution in [2.45, 2.75) is 0 Å². The Balaban J connectivity index is 3.69. The third-order valence-electron chi connectivity index (χ3n) is 0.700. The molecule has 0 heterocycles. The molecule has 2 amide bonds. The Hall–Kier alpha value is -1.03. The minimum absolute atomic E-state index is 0.0822. The molecule has 0 rings (SSSR count). The number of amides is 2. The van der Waals surface area contributed by atoms with Gasteiger partial charge in [-0.15, -0.1) is 0 Å². The van der Waals surface area contributed by atoms with Crippen LogP contribution in [-0.4, -0.2) is 17.6 Å². The molecule has 0 unspecified atom stereocenters. The lowest BCUT2D eigenvalue weighted by Gasteiger charge is -2.09. The van der Waals surface area contributed by atoms with E-state index in [1.165, 1.54) is 6.20 Å². The Morgan fingerprint density at radius 3 is 2.38 bits per heavy atom. The number of primary amides is 1. The molecule has 0 radical (unpaired) electrons. The van der Waals surface area contributed by atoms with Crippen LogP contribution in [0.3, 0.4) is 0 Å². The summed E-state index contributed by atoms with van der Waals surface area (Å²) < 4.78 is 0. The highest BCUT2D eigenvalue weighted by atomic mass is 16.2. The molecule has 4 N–H and O–H groups in total. The summed E-state index contributed by atoms with van der Waals surface area (Å²) in [5.74, 6) is 0. The fraction of sp³-hybridized carbons (Fsp3) is 0.250. The number of hydrogen-bond acceptors (Lipinski definition) is 2. The smallest absolute Gasteiger partial charge is 0.319 e. The second kappa shape index (κ2) is 3.04. The molecule has 0 atom stereocenters. The lowest BCUT2D eigenvalue weighted by Crippen LogP contribution is -2.35. The van der Waals surface area contributed by atoms with Crippen LogP contribution in [0.1, 0.15) is 0 Å². The van der Waals surface area contributed by atoms with E-state index in [0.717, 1.165) is 4.90 Å². The van der Waals surface area contributed by atoms with E-state index in [-0.39, 0.29) is 6.67 Å². The summed E-state index contributed by atoms with van der Waals surface area (Å²) >= 11 is 0. The van der Waals surface area contributed by atoms with Gasteiger partial charge in [-0.2, -0.15) is 0 Å². The molecule has 0 spiro atoms. The van der Waals surface area contributed by atoms with Gasteiger partial charge in [-0.1, -0.05) is 6.58 Å². The molecule has 0 aliphatic rings. The fourth-order valence-electron chi connectivity index (χ4n) is 0.254. The summed E-state index contributed by atoms with van der Waals surface area (Å²) in [4.78, 5) is 11.3. The monoisotopic (exact) mass is 115 g/mol. The van der Waals surface area contributed by atoms with E-state index < -0.39 is 6.03 Å². The Bertz CT molecular complexity index is 101. The Labute approximate surface area is 47.7 Å². The first kappa shape index (κ1) is 6.97. The average Bonchev–Trinajstić information content (AvgIpc) is 1.69. The van der Waals surface area contributed by atoms with Gasteiger partial charge in [0.25, 0.3) is 0 Å². The van der Waals surface area contributed by atoms with E-state index in [2.05, 4.69) is 6.58 Å². The van der Waals surface area contributed by atoms with Crippen molar-refractivity contribution in [3.8, 4) is 0 Å². The summed E-state index contributed by atoms with van der Waals surface area (Å²) in [5.41, 5.74) is 9.83. The van der Waals surface area contributed by atoms with Gasteiger partial charge < -0.3 is 11.5 Å². The number of hydrogen-bond donors (Lipinski definition) is 2. The van der Waals surface area contributed by atoms with Gasteiger partial charge in [-0.05, 0) is 0 Å². The first-order chi connectivity index (χ1) is 3.72. The molecule has 4 nitrogen and oxygen atoms in total. The molecule has 4 heteroatoms. The number of nitrogens with zero attached hydrogens (tertiary/aromatic N) is 1. The van der Waals surface area contributed by atoms with Gasteiger partial charge in [0.15, 0.2) is 0 Å². The quantitative estimate of drug-likeness (QED) is 0.473. The van der Waals surface area contributed by atoms with E-state index >= 15 is 0 Å². The standard InChI is InChI=1S/C4H9N3O/c1-2-7(3-5)4(6)8/h2H,1,3,5H2,(H2,6,8). The van der Waals surface area contributed by atoms with Crippen molar-refractivity contribution in [1.82, 2.24) is 4.90 Å². The Morgan fingerprint density at radius 1 is 1.88 bits per heavy atom. The summed E-state index contributed by atoms with van der Waals surface area (Å²) in [5, 5.41) is 0. The van der Waals surface area contributed by atoms with Crippen molar-refractivity contribution >= 4 is 6.03 Å². The third-order valence-corrected chi connectivity index (χ3v) is 0.700. The molecule has 0 aromatic carbocycles. The van der Waals surface area contributed by atoms with Crippen molar-refractivity contribution in [1.29, 1.82) is 0 Å². The maximum absolute atomic E-state index is 10.2. The lowest BCUT2D eigenvalue weighted by atomic mass is 10.7. The maximum Gasteiger partial charge on any atom is 0.319 e. The average molecular weight is 115 g/mol. The van der Waals surface area contributed by atoms with Crippen LogP contribution < -0.4 is 11.5 Å². The van der Waals surface area contributed by atoms with E-state index in [1.54, 1.807) is 0 Å². The highest BCUT2D eigenvalue weighted by Gasteiger charge is 1.98. The van der Waals surface area contributed by atoms with Gasteiger partial charge in [0, 0.05) is 6.20 Å². The summed E-state index contributed by atoms with van der Waals surface area (Å²) in [6.45, 7) is 3.38. The number of urea groups is 1. The highest BCUT2D eigenvalue weighted by molar-refractivity contribution is 5.72. The minimum Gasteiger partial charge on any atom is -0.351 e. The first-order valence-electron chi connectivity index (χ1n) is 2.11. The Morgan fingerprint density at radius 2 is 2.38 bits per heavy atom. The van der Waals surface area contributed by atoms with Crippen LogP contribution in [0.2, 0.25) is 0 Å². The minimum atomic E-state index is -0.581. The molecule has 8 heavy (non-hydrogen) atoms. The van der Waals surface area contributed by atoms with Crippen LogP contribution in [0.15, 0.2) is 12.8 Å². The number of carbonyl (C=O) groups is 1. The molecule has 0 aliphatic carbocycles. The molecule has 0 bridgehead atoms. The van der Waals surface area contributed by atoms with E-state index in [9.17, 15) is 4.79 Å². The third kappa shape index (κ3) is 1.61. The lowest BCUT2D eigenvalue weighted by molar-refractivity contribution is 0.226. The SMILES string of the molecule is C=CN(CN)C(N)=O. The Kier molecular flexibility index (Phi) is 2.64. The van der Waals surface area contributed by atoms with Crippen molar-refractivity contribution in [2.75, 3.05) is 6.67 Å². The molecule has 0 saturated heterocycles. The van der Waals surface area contributed by atoms with E-state index in [1.807, 2.05) is 0 Å².